The van der Waals surface area contributed by atoms with Gasteiger partial charge in [0.15, 0.2) is 5.75 Å². The minimum absolute atomic E-state index is 0.101. The fourth-order valence-corrected chi connectivity index (χ4v) is 2.59. The summed E-state index contributed by atoms with van der Waals surface area (Å²) >= 11 is 11.9. The lowest BCUT2D eigenvalue weighted by Gasteiger charge is -2.10. The molecule has 0 saturated heterocycles. The lowest BCUT2D eigenvalue weighted by Crippen LogP contribution is -2.09. The molecular weight excluding hydrogens is 395 g/mol. The number of aromatic amines is 1. The van der Waals surface area contributed by atoms with Gasteiger partial charge < -0.3 is 4.74 Å². The van der Waals surface area contributed by atoms with Crippen molar-refractivity contribution in [1.82, 2.24) is 10.2 Å². The molecule has 11 heteroatoms. The highest BCUT2D eigenvalue weighted by atomic mass is 35.5. The van der Waals surface area contributed by atoms with Gasteiger partial charge in [0.1, 0.15) is 5.82 Å². The van der Waals surface area contributed by atoms with Crippen molar-refractivity contribution in [3.05, 3.63) is 66.7 Å². The van der Waals surface area contributed by atoms with E-state index in [0.717, 1.165) is 24.3 Å². The molecule has 7 nitrogen and oxygen atoms in total. The minimum atomic E-state index is -0.662. The standard InChI is InChI=1S/C14H6Cl2FN3O4.CH3F/c15-10-4-7(20(22)23)5-11(16)12(10)24-14-9-3-6(17)1-2-8(9)13(21)18-19-14;1-2/h1-5H,(H,18,21);1H3. The average Bonchev–Trinajstić information content (AvgIpc) is 2.61. The summed E-state index contributed by atoms with van der Waals surface area (Å²) in [7, 11) is 0.500. The first-order chi connectivity index (χ1) is 12.4. The lowest BCUT2D eigenvalue weighted by atomic mass is 10.2. The maximum atomic E-state index is 13.5. The summed E-state index contributed by atoms with van der Waals surface area (Å²) in [5, 5.41) is 16.7. The van der Waals surface area contributed by atoms with Crippen LogP contribution in [0.25, 0.3) is 10.8 Å². The van der Waals surface area contributed by atoms with E-state index in [1.54, 1.807) is 0 Å². The minimum Gasteiger partial charge on any atom is -0.434 e. The summed E-state index contributed by atoms with van der Waals surface area (Å²) < 4.78 is 28.4. The van der Waals surface area contributed by atoms with Crippen LogP contribution >= 0.6 is 23.2 Å². The Morgan fingerprint density at radius 2 is 1.77 bits per heavy atom. The number of benzene rings is 2. The highest BCUT2D eigenvalue weighted by Crippen LogP contribution is 2.40. The molecular formula is C15H9Cl2F2N3O4. The zero-order valence-electron chi connectivity index (χ0n) is 12.9. The van der Waals surface area contributed by atoms with Gasteiger partial charge >= 0.3 is 0 Å². The zero-order chi connectivity index (χ0) is 19.4. The summed E-state index contributed by atoms with van der Waals surface area (Å²) in [6, 6.07) is 5.57. The molecule has 0 aliphatic rings. The van der Waals surface area contributed by atoms with Gasteiger partial charge in [-0.25, -0.2) is 9.49 Å². The zero-order valence-corrected chi connectivity index (χ0v) is 14.4. The average molecular weight is 404 g/mol. The van der Waals surface area contributed by atoms with Crippen molar-refractivity contribution in [2.75, 3.05) is 7.18 Å². The molecule has 3 rings (SSSR count). The van der Waals surface area contributed by atoms with Crippen molar-refractivity contribution in [2.24, 2.45) is 0 Å². The second kappa shape index (κ2) is 8.07. The number of nitrogens with one attached hydrogen (secondary N) is 1. The summed E-state index contributed by atoms with van der Waals surface area (Å²) in [4.78, 5) is 21.8. The van der Waals surface area contributed by atoms with Crippen LogP contribution in [0.1, 0.15) is 0 Å². The molecule has 1 N–H and O–H groups in total. The number of nitro groups is 1. The molecule has 0 fully saturated rings. The molecule has 0 aliphatic heterocycles. The van der Waals surface area contributed by atoms with E-state index in [1.807, 2.05) is 0 Å². The number of rotatable bonds is 3. The van der Waals surface area contributed by atoms with Crippen LogP contribution in [0.2, 0.25) is 10.0 Å². The van der Waals surface area contributed by atoms with Crippen LogP contribution in [0.4, 0.5) is 14.5 Å². The summed E-state index contributed by atoms with van der Waals surface area (Å²) in [5.41, 5.74) is -0.846. The van der Waals surface area contributed by atoms with Gasteiger partial charge in [-0.15, -0.1) is 5.10 Å². The number of hydrogen-bond acceptors (Lipinski definition) is 5. The number of halogens is 4. The second-order valence-corrected chi connectivity index (χ2v) is 5.46. The topological polar surface area (TPSA) is 98.1 Å². The molecule has 0 unspecified atom stereocenters. The maximum Gasteiger partial charge on any atom is 0.272 e. The van der Waals surface area contributed by atoms with E-state index in [4.69, 9.17) is 27.9 Å². The smallest absolute Gasteiger partial charge is 0.272 e. The number of H-pyrrole nitrogens is 1. The van der Waals surface area contributed by atoms with Crippen LogP contribution in [0.5, 0.6) is 11.6 Å². The largest absolute Gasteiger partial charge is 0.434 e. The third kappa shape index (κ3) is 3.89. The Bertz CT molecular complexity index is 1020. The highest BCUT2D eigenvalue weighted by molar-refractivity contribution is 6.37. The first kappa shape index (κ1) is 19.5. The Morgan fingerprint density at radius 3 is 2.35 bits per heavy atom. The molecule has 3 aromatic rings. The van der Waals surface area contributed by atoms with Crippen molar-refractivity contribution in [3.63, 3.8) is 0 Å². The molecule has 0 saturated carbocycles. The molecule has 0 bridgehead atoms. The third-order valence-corrected chi connectivity index (χ3v) is 3.67. The number of nitrogens with zero attached hydrogens (tertiary/aromatic N) is 2. The van der Waals surface area contributed by atoms with Crippen LogP contribution in [-0.4, -0.2) is 22.3 Å². The van der Waals surface area contributed by atoms with E-state index in [0.29, 0.717) is 7.18 Å². The van der Waals surface area contributed by atoms with Crippen molar-refractivity contribution >= 4 is 39.7 Å². The number of nitro benzene ring substituents is 1. The molecule has 2 aromatic carbocycles. The molecule has 26 heavy (non-hydrogen) atoms. The van der Waals surface area contributed by atoms with E-state index in [2.05, 4.69) is 10.2 Å². The molecule has 0 atom stereocenters. The SMILES string of the molecule is CF.O=c1[nH]nc(Oc2c(Cl)cc([N+](=O)[O-])cc2Cl)c2cc(F)ccc12. The van der Waals surface area contributed by atoms with Gasteiger partial charge in [-0.1, -0.05) is 23.2 Å². The number of alkyl halides is 1. The molecule has 0 aliphatic carbocycles. The third-order valence-electron chi connectivity index (χ3n) is 3.11. The number of hydrogen-bond donors (Lipinski definition) is 1. The van der Waals surface area contributed by atoms with Crippen LogP contribution in [0.3, 0.4) is 0 Å². The van der Waals surface area contributed by atoms with Gasteiger partial charge in [0.2, 0.25) is 5.88 Å². The van der Waals surface area contributed by atoms with E-state index in [-0.39, 0.29) is 38.1 Å². The van der Waals surface area contributed by atoms with Crippen molar-refractivity contribution in [1.29, 1.82) is 0 Å². The monoisotopic (exact) mass is 403 g/mol. The van der Waals surface area contributed by atoms with E-state index in [1.165, 1.54) is 6.07 Å². The van der Waals surface area contributed by atoms with Gasteiger partial charge in [-0.3, -0.25) is 19.3 Å². The molecule has 0 radical (unpaired) electrons. The number of non-ortho nitro benzene ring substituents is 1. The van der Waals surface area contributed by atoms with Gasteiger partial charge in [-0.2, -0.15) is 0 Å². The Morgan fingerprint density at radius 1 is 1.15 bits per heavy atom. The van der Waals surface area contributed by atoms with Crippen LogP contribution in [0, 0.1) is 15.9 Å². The highest BCUT2D eigenvalue weighted by Gasteiger charge is 2.18. The van der Waals surface area contributed by atoms with Gasteiger partial charge in [0.05, 0.1) is 32.9 Å². The van der Waals surface area contributed by atoms with Crippen LogP contribution in [-0.2, 0) is 0 Å². The van der Waals surface area contributed by atoms with E-state index >= 15 is 0 Å². The van der Waals surface area contributed by atoms with Crippen LogP contribution in [0.15, 0.2) is 35.1 Å². The number of ether oxygens (including phenoxy) is 1. The second-order valence-electron chi connectivity index (χ2n) is 4.65. The summed E-state index contributed by atoms with van der Waals surface area (Å²) in [6.45, 7) is 0. The lowest BCUT2D eigenvalue weighted by molar-refractivity contribution is -0.384. The first-order valence-electron chi connectivity index (χ1n) is 6.74. The number of fused-ring (bicyclic) bond motifs is 1. The molecule has 1 heterocycles. The van der Waals surface area contributed by atoms with Gasteiger partial charge in [0.25, 0.3) is 11.2 Å². The van der Waals surface area contributed by atoms with E-state index < -0.39 is 16.3 Å². The van der Waals surface area contributed by atoms with Crippen LogP contribution < -0.4 is 10.3 Å². The Labute approximate surface area is 154 Å². The Hall–Kier alpha value is -2.78. The van der Waals surface area contributed by atoms with Crippen molar-refractivity contribution in [3.8, 4) is 11.6 Å². The number of aromatic nitrogens is 2. The van der Waals surface area contributed by atoms with Crippen molar-refractivity contribution in [2.45, 2.75) is 0 Å². The summed E-state index contributed by atoms with van der Waals surface area (Å²) in [6.07, 6.45) is 0. The van der Waals surface area contributed by atoms with Crippen molar-refractivity contribution < 1.29 is 18.4 Å². The Balaban J connectivity index is 0.00000117. The molecule has 136 valence electrons. The maximum absolute atomic E-state index is 13.5. The normalized spacial score (nSPS) is 10.2. The predicted octanol–water partition coefficient (Wildman–Crippen LogP) is 4.66. The molecule has 1 aromatic heterocycles. The summed E-state index contributed by atoms with van der Waals surface area (Å²) in [5.74, 6) is -0.851. The predicted molar refractivity (Wildman–Crippen MR) is 92.5 cm³/mol. The van der Waals surface area contributed by atoms with E-state index in [9.17, 15) is 23.7 Å². The van der Waals surface area contributed by atoms with Gasteiger partial charge in [0, 0.05) is 12.1 Å². The van der Waals surface area contributed by atoms with Gasteiger partial charge in [-0.05, 0) is 18.2 Å². The first-order valence-corrected chi connectivity index (χ1v) is 7.49. The fraction of sp³-hybridized carbons (Fsp3) is 0.0667. The molecule has 0 spiro atoms. The fourth-order valence-electron chi connectivity index (χ4n) is 2.04. The Kier molecular flexibility index (Phi) is 6.06. The molecule has 0 amide bonds. The quantitative estimate of drug-likeness (QED) is 0.506.